The van der Waals surface area contributed by atoms with Crippen molar-refractivity contribution in [1.82, 2.24) is 4.98 Å². The Morgan fingerprint density at radius 2 is 1.92 bits per heavy atom. The molecular weight excluding hydrogens is 330 g/mol. The molecule has 1 fully saturated rings. The van der Waals surface area contributed by atoms with Crippen molar-refractivity contribution in [3.05, 3.63) is 54.1 Å². The summed E-state index contributed by atoms with van der Waals surface area (Å²) in [5.41, 5.74) is 2.02. The molecule has 0 saturated carbocycles. The summed E-state index contributed by atoms with van der Waals surface area (Å²) in [6.07, 6.45) is 2.43. The second kappa shape index (κ2) is 6.57. The van der Waals surface area contributed by atoms with Gasteiger partial charge in [-0.05, 0) is 56.0 Å². The Kier molecular flexibility index (Phi) is 4.24. The molecule has 134 valence electrons. The van der Waals surface area contributed by atoms with Crippen LogP contribution >= 0.6 is 0 Å². The first-order valence-electron chi connectivity index (χ1n) is 8.90. The Balaban J connectivity index is 1.68. The molecule has 0 amide bonds. The molecular formula is C21H21NO4. The van der Waals surface area contributed by atoms with Crippen LogP contribution in [0.5, 0.6) is 0 Å². The third-order valence-corrected chi connectivity index (χ3v) is 5.29. The minimum Gasteiger partial charge on any atom is -0.481 e. The van der Waals surface area contributed by atoms with Crippen LogP contribution in [-0.2, 0) is 14.9 Å². The van der Waals surface area contributed by atoms with Gasteiger partial charge < -0.3 is 14.3 Å². The van der Waals surface area contributed by atoms with E-state index >= 15 is 0 Å². The summed E-state index contributed by atoms with van der Waals surface area (Å²) in [4.78, 5) is 16.6. The smallest absolute Gasteiger partial charge is 0.316 e. The predicted molar refractivity (Wildman–Crippen MR) is 98.0 cm³/mol. The fourth-order valence-corrected chi connectivity index (χ4v) is 3.60. The van der Waals surface area contributed by atoms with Crippen LogP contribution in [0.25, 0.3) is 22.6 Å². The molecule has 5 nitrogen and oxygen atoms in total. The molecule has 2 unspecified atom stereocenters. The molecule has 0 radical (unpaired) electrons. The molecule has 2 aromatic carbocycles. The van der Waals surface area contributed by atoms with E-state index in [4.69, 9.17) is 9.15 Å². The van der Waals surface area contributed by atoms with Crippen molar-refractivity contribution in [2.45, 2.75) is 37.7 Å². The average molecular weight is 351 g/mol. The quantitative estimate of drug-likeness (QED) is 0.754. The van der Waals surface area contributed by atoms with Gasteiger partial charge in [-0.15, -0.1) is 0 Å². The van der Waals surface area contributed by atoms with Crippen LogP contribution in [0.4, 0.5) is 0 Å². The maximum Gasteiger partial charge on any atom is 0.316 e. The van der Waals surface area contributed by atoms with E-state index in [2.05, 4.69) is 4.98 Å². The molecule has 4 rings (SSSR count). The van der Waals surface area contributed by atoms with Crippen molar-refractivity contribution in [3.8, 4) is 11.5 Å². The van der Waals surface area contributed by atoms with E-state index in [1.54, 1.807) is 6.92 Å². The first-order chi connectivity index (χ1) is 12.6. The van der Waals surface area contributed by atoms with E-state index in [9.17, 15) is 9.90 Å². The van der Waals surface area contributed by atoms with Gasteiger partial charge in [-0.3, -0.25) is 4.79 Å². The van der Waals surface area contributed by atoms with Gasteiger partial charge in [0.15, 0.2) is 5.58 Å². The number of hydrogen-bond donors (Lipinski definition) is 1. The average Bonchev–Trinajstić information content (AvgIpc) is 3.12. The lowest BCUT2D eigenvalue weighted by Crippen LogP contribution is -2.46. The second-order valence-corrected chi connectivity index (χ2v) is 6.93. The summed E-state index contributed by atoms with van der Waals surface area (Å²) in [5.74, 6) is -0.331. The van der Waals surface area contributed by atoms with Gasteiger partial charge in [0.05, 0.1) is 6.10 Å². The predicted octanol–water partition coefficient (Wildman–Crippen LogP) is 4.41. The van der Waals surface area contributed by atoms with E-state index < -0.39 is 11.4 Å². The van der Waals surface area contributed by atoms with E-state index in [0.717, 1.165) is 41.5 Å². The van der Waals surface area contributed by atoms with Gasteiger partial charge in [0, 0.05) is 12.2 Å². The first-order valence-corrected chi connectivity index (χ1v) is 8.90. The Morgan fingerprint density at radius 1 is 1.15 bits per heavy atom. The maximum absolute atomic E-state index is 12.1. The summed E-state index contributed by atoms with van der Waals surface area (Å²) >= 11 is 0. The number of fused-ring (bicyclic) bond motifs is 1. The Labute approximate surface area is 151 Å². The van der Waals surface area contributed by atoms with Crippen LogP contribution in [-0.4, -0.2) is 28.8 Å². The first kappa shape index (κ1) is 16.8. The number of ether oxygens (including phenoxy) is 1. The molecule has 26 heavy (non-hydrogen) atoms. The Morgan fingerprint density at radius 3 is 2.58 bits per heavy atom. The lowest BCUT2D eigenvalue weighted by Gasteiger charge is -2.36. The van der Waals surface area contributed by atoms with Gasteiger partial charge in [-0.2, -0.15) is 0 Å². The van der Waals surface area contributed by atoms with Crippen LogP contribution < -0.4 is 0 Å². The summed E-state index contributed by atoms with van der Waals surface area (Å²) in [6.45, 7) is 2.37. The van der Waals surface area contributed by atoms with Crippen LogP contribution in [0.1, 0.15) is 31.7 Å². The van der Waals surface area contributed by atoms with Gasteiger partial charge in [0.1, 0.15) is 10.9 Å². The minimum atomic E-state index is -1.07. The zero-order valence-corrected chi connectivity index (χ0v) is 14.6. The minimum absolute atomic E-state index is 0.316. The highest BCUT2D eigenvalue weighted by Crippen LogP contribution is 2.36. The number of aliphatic carboxylic acids is 1. The molecule has 1 saturated heterocycles. The van der Waals surface area contributed by atoms with Gasteiger partial charge in [0.25, 0.3) is 0 Å². The Hall–Kier alpha value is -2.66. The van der Waals surface area contributed by atoms with Crippen LogP contribution in [0.15, 0.2) is 52.9 Å². The fourth-order valence-electron chi connectivity index (χ4n) is 3.60. The number of nitrogens with zero attached hydrogens (tertiary/aromatic N) is 1. The molecule has 0 bridgehead atoms. The van der Waals surface area contributed by atoms with E-state index in [1.807, 2.05) is 48.5 Å². The number of hydrogen-bond acceptors (Lipinski definition) is 4. The number of para-hydroxylation sites is 2. The lowest BCUT2D eigenvalue weighted by molar-refractivity contribution is -0.152. The Bertz CT molecular complexity index is 892. The molecule has 2 heterocycles. The molecule has 1 aliphatic rings. The third-order valence-electron chi connectivity index (χ3n) is 5.29. The van der Waals surface area contributed by atoms with Gasteiger partial charge >= 0.3 is 5.97 Å². The standard InChI is InChI=1S/C21H21NO4/c1-21(20(23)24,18-8-4-5-13-25-18)15-11-9-14(10-12-15)19-22-16-6-2-3-7-17(16)26-19/h2-3,6-7,9-12,18H,4-5,8,13H2,1H3,(H,23,24). The highest BCUT2D eigenvalue weighted by atomic mass is 16.5. The topological polar surface area (TPSA) is 72.6 Å². The van der Waals surface area contributed by atoms with Crippen molar-refractivity contribution in [3.63, 3.8) is 0 Å². The van der Waals surface area contributed by atoms with Crippen LogP contribution in [0.2, 0.25) is 0 Å². The fraction of sp³-hybridized carbons (Fsp3) is 0.333. The zero-order chi connectivity index (χ0) is 18.1. The van der Waals surface area contributed by atoms with Crippen molar-refractivity contribution in [2.75, 3.05) is 6.61 Å². The number of carbonyl (C=O) groups is 1. The highest BCUT2D eigenvalue weighted by Gasteiger charge is 2.44. The number of oxazole rings is 1. The van der Waals surface area contributed by atoms with Crippen molar-refractivity contribution < 1.29 is 19.1 Å². The van der Waals surface area contributed by atoms with Crippen LogP contribution in [0.3, 0.4) is 0 Å². The number of aromatic nitrogens is 1. The number of carboxylic acid groups (broad SMARTS) is 1. The van der Waals surface area contributed by atoms with Gasteiger partial charge in [-0.25, -0.2) is 4.98 Å². The normalized spacial score (nSPS) is 20.0. The molecule has 0 spiro atoms. The van der Waals surface area contributed by atoms with Crippen LogP contribution in [0, 0.1) is 0 Å². The third kappa shape index (κ3) is 2.78. The van der Waals surface area contributed by atoms with E-state index in [1.165, 1.54) is 0 Å². The monoisotopic (exact) mass is 351 g/mol. The zero-order valence-electron chi connectivity index (χ0n) is 14.6. The molecule has 0 aliphatic carbocycles. The van der Waals surface area contributed by atoms with Gasteiger partial charge in [0.2, 0.25) is 5.89 Å². The largest absolute Gasteiger partial charge is 0.481 e. The summed E-state index contributed by atoms with van der Waals surface area (Å²) in [7, 11) is 0. The second-order valence-electron chi connectivity index (χ2n) is 6.93. The SMILES string of the molecule is CC(C(=O)O)(c1ccc(-c2nc3ccccc3o2)cc1)C1CCCCO1. The molecule has 1 aromatic heterocycles. The maximum atomic E-state index is 12.1. The van der Waals surface area contributed by atoms with E-state index in [-0.39, 0.29) is 6.10 Å². The molecule has 3 aromatic rings. The van der Waals surface area contributed by atoms with Crippen molar-refractivity contribution in [2.24, 2.45) is 0 Å². The summed E-state index contributed by atoms with van der Waals surface area (Å²) < 4.78 is 11.6. The number of benzene rings is 2. The molecule has 2 atom stereocenters. The molecule has 1 N–H and O–H groups in total. The van der Waals surface area contributed by atoms with Crippen molar-refractivity contribution >= 4 is 17.1 Å². The van der Waals surface area contributed by atoms with E-state index in [0.29, 0.717) is 12.5 Å². The molecule has 5 heteroatoms. The summed E-state index contributed by atoms with van der Waals surface area (Å²) in [5, 5.41) is 9.91. The lowest BCUT2D eigenvalue weighted by atomic mass is 9.75. The molecule has 1 aliphatic heterocycles. The number of carboxylic acids is 1. The number of rotatable bonds is 4. The van der Waals surface area contributed by atoms with Gasteiger partial charge in [-0.1, -0.05) is 24.3 Å². The highest BCUT2D eigenvalue weighted by molar-refractivity contribution is 5.82. The van der Waals surface area contributed by atoms with Crippen molar-refractivity contribution in [1.29, 1.82) is 0 Å². The summed E-state index contributed by atoms with van der Waals surface area (Å²) in [6, 6.07) is 15.0.